The van der Waals surface area contributed by atoms with Gasteiger partial charge in [0.1, 0.15) is 0 Å². The van der Waals surface area contributed by atoms with Gasteiger partial charge in [-0.15, -0.1) is 0 Å². The van der Waals surface area contributed by atoms with E-state index in [2.05, 4.69) is 5.32 Å². The average molecular weight is 287 g/mol. The van der Waals surface area contributed by atoms with Crippen molar-refractivity contribution in [1.82, 2.24) is 5.32 Å². The first-order chi connectivity index (χ1) is 10.1. The van der Waals surface area contributed by atoms with Crippen LogP contribution in [0.15, 0.2) is 36.4 Å². The summed E-state index contributed by atoms with van der Waals surface area (Å²) in [6.45, 7) is 1.70. The average Bonchev–Trinajstić information content (AvgIpc) is 2.50. The quantitative estimate of drug-likeness (QED) is 0.785. The third-order valence-electron chi connectivity index (χ3n) is 3.43. The molecule has 2 aromatic rings. The van der Waals surface area contributed by atoms with Gasteiger partial charge in [-0.2, -0.15) is 0 Å². The molecule has 5 nitrogen and oxygen atoms in total. The predicted octanol–water partition coefficient (Wildman–Crippen LogP) is 2.04. The molecular formula is C16H17NO4. The van der Waals surface area contributed by atoms with E-state index in [0.29, 0.717) is 22.8 Å². The molecule has 0 spiro atoms. The summed E-state index contributed by atoms with van der Waals surface area (Å²) < 4.78 is 0. The molecule has 2 rings (SSSR count). The second kappa shape index (κ2) is 6.37. The number of benzene rings is 2. The van der Waals surface area contributed by atoms with Gasteiger partial charge in [-0.3, -0.25) is 4.79 Å². The molecule has 0 saturated heterocycles. The fraction of sp³-hybridized carbons (Fsp3) is 0.250. The molecule has 0 bridgehead atoms. The lowest BCUT2D eigenvalue weighted by Crippen LogP contribution is -2.37. The predicted molar refractivity (Wildman–Crippen MR) is 79.5 cm³/mol. The molecule has 2 aromatic carbocycles. The minimum absolute atomic E-state index is 0.0929. The zero-order valence-electron chi connectivity index (χ0n) is 11.7. The lowest BCUT2D eigenvalue weighted by Gasteiger charge is -2.15. The maximum Gasteiger partial charge on any atom is 0.336 e. The number of hydrogen-bond acceptors (Lipinski definition) is 3. The number of carboxylic acid groups (broad SMARTS) is 1. The summed E-state index contributed by atoms with van der Waals surface area (Å²) in [5.74, 6) is -1.45. The first kappa shape index (κ1) is 15.0. The number of aromatic carboxylic acids is 1. The van der Waals surface area contributed by atoms with Crippen LogP contribution < -0.4 is 5.32 Å². The first-order valence-electron chi connectivity index (χ1n) is 6.75. The van der Waals surface area contributed by atoms with Crippen LogP contribution in [-0.4, -0.2) is 34.7 Å². The van der Waals surface area contributed by atoms with Crippen molar-refractivity contribution in [3.05, 3.63) is 47.5 Å². The van der Waals surface area contributed by atoms with Crippen molar-refractivity contribution in [2.75, 3.05) is 6.61 Å². The molecule has 0 aliphatic heterocycles. The third kappa shape index (κ3) is 3.03. The second-order valence-electron chi connectivity index (χ2n) is 4.78. The summed E-state index contributed by atoms with van der Waals surface area (Å²) in [4.78, 5) is 23.7. The van der Waals surface area contributed by atoms with Gasteiger partial charge in [0.2, 0.25) is 0 Å². The van der Waals surface area contributed by atoms with Crippen LogP contribution in [0.3, 0.4) is 0 Å². The zero-order chi connectivity index (χ0) is 15.4. The van der Waals surface area contributed by atoms with Gasteiger partial charge in [-0.25, -0.2) is 4.79 Å². The fourth-order valence-electron chi connectivity index (χ4n) is 2.25. The van der Waals surface area contributed by atoms with E-state index >= 15 is 0 Å². The van der Waals surface area contributed by atoms with Crippen LogP contribution in [0, 0.1) is 0 Å². The summed E-state index contributed by atoms with van der Waals surface area (Å²) in [7, 11) is 0. The van der Waals surface area contributed by atoms with E-state index in [1.807, 2.05) is 6.92 Å². The molecule has 1 unspecified atom stereocenters. The minimum Gasteiger partial charge on any atom is -0.478 e. The Labute approximate surface area is 122 Å². The van der Waals surface area contributed by atoms with Crippen LogP contribution >= 0.6 is 0 Å². The standard InChI is InChI=1S/C16H17NO4/c1-2-11(9-18)17-15(19)12-7-3-5-10-6-4-8-13(14(10)12)16(20)21/h3-8,11,18H,2,9H2,1H3,(H,17,19)(H,20,21). The second-order valence-corrected chi connectivity index (χ2v) is 4.78. The van der Waals surface area contributed by atoms with E-state index in [-0.39, 0.29) is 24.1 Å². The Balaban J connectivity index is 2.53. The lowest BCUT2D eigenvalue weighted by molar-refractivity contribution is 0.0699. The van der Waals surface area contributed by atoms with Gasteiger partial charge in [-0.1, -0.05) is 31.2 Å². The Kier molecular flexibility index (Phi) is 4.55. The number of hydrogen-bond donors (Lipinski definition) is 3. The molecule has 0 fully saturated rings. The lowest BCUT2D eigenvalue weighted by atomic mass is 9.98. The van der Waals surface area contributed by atoms with Crippen LogP contribution in [0.5, 0.6) is 0 Å². The molecule has 1 atom stereocenters. The largest absolute Gasteiger partial charge is 0.478 e. The highest BCUT2D eigenvalue weighted by Gasteiger charge is 2.18. The van der Waals surface area contributed by atoms with Crippen molar-refractivity contribution in [3.8, 4) is 0 Å². The van der Waals surface area contributed by atoms with E-state index in [9.17, 15) is 14.7 Å². The first-order valence-corrected chi connectivity index (χ1v) is 6.75. The number of aliphatic hydroxyl groups is 1. The Morgan fingerprint density at radius 3 is 2.29 bits per heavy atom. The van der Waals surface area contributed by atoms with Crippen LogP contribution in [-0.2, 0) is 0 Å². The number of amides is 1. The van der Waals surface area contributed by atoms with Gasteiger partial charge < -0.3 is 15.5 Å². The summed E-state index contributed by atoms with van der Waals surface area (Å²) in [5, 5.41) is 22.3. The van der Waals surface area contributed by atoms with Gasteiger partial charge in [0, 0.05) is 10.9 Å². The van der Waals surface area contributed by atoms with Crippen LogP contribution in [0.2, 0.25) is 0 Å². The van der Waals surface area contributed by atoms with Crippen molar-refractivity contribution >= 4 is 22.6 Å². The summed E-state index contributed by atoms with van der Waals surface area (Å²) in [5.41, 5.74) is 0.396. The van der Waals surface area contributed by atoms with Crippen molar-refractivity contribution in [1.29, 1.82) is 0 Å². The maximum atomic E-state index is 12.3. The van der Waals surface area contributed by atoms with Gasteiger partial charge in [0.05, 0.1) is 18.2 Å². The number of nitrogens with one attached hydrogen (secondary N) is 1. The van der Waals surface area contributed by atoms with Crippen molar-refractivity contribution in [2.24, 2.45) is 0 Å². The molecule has 0 saturated carbocycles. The normalized spacial score (nSPS) is 12.1. The van der Waals surface area contributed by atoms with Crippen LogP contribution in [0.25, 0.3) is 10.8 Å². The highest BCUT2D eigenvalue weighted by molar-refractivity contribution is 6.14. The molecule has 1 amide bonds. The van der Waals surface area contributed by atoms with E-state index in [1.54, 1.807) is 30.3 Å². The van der Waals surface area contributed by atoms with Crippen molar-refractivity contribution in [2.45, 2.75) is 19.4 Å². The monoisotopic (exact) mass is 287 g/mol. The van der Waals surface area contributed by atoms with Crippen LogP contribution in [0.1, 0.15) is 34.1 Å². The molecule has 0 heterocycles. The zero-order valence-corrected chi connectivity index (χ0v) is 11.7. The molecule has 0 radical (unpaired) electrons. The van der Waals surface area contributed by atoms with E-state index < -0.39 is 5.97 Å². The highest BCUT2D eigenvalue weighted by Crippen LogP contribution is 2.23. The van der Waals surface area contributed by atoms with Gasteiger partial charge in [0.25, 0.3) is 5.91 Å². The van der Waals surface area contributed by atoms with Crippen molar-refractivity contribution < 1.29 is 19.8 Å². The molecule has 5 heteroatoms. The number of rotatable bonds is 5. The Bertz CT molecular complexity index is 672. The Morgan fingerprint density at radius 2 is 1.76 bits per heavy atom. The van der Waals surface area contributed by atoms with E-state index in [0.717, 1.165) is 0 Å². The Morgan fingerprint density at radius 1 is 1.14 bits per heavy atom. The van der Waals surface area contributed by atoms with Crippen molar-refractivity contribution in [3.63, 3.8) is 0 Å². The highest BCUT2D eigenvalue weighted by atomic mass is 16.4. The molecule has 0 aromatic heterocycles. The molecular weight excluding hydrogens is 270 g/mol. The third-order valence-corrected chi connectivity index (χ3v) is 3.43. The Hall–Kier alpha value is -2.40. The topological polar surface area (TPSA) is 86.6 Å². The molecule has 3 N–H and O–H groups in total. The molecule has 21 heavy (non-hydrogen) atoms. The SMILES string of the molecule is CCC(CO)NC(=O)c1cccc2cccc(C(=O)O)c12. The number of carbonyl (C=O) groups is 2. The summed E-state index contributed by atoms with van der Waals surface area (Å²) >= 11 is 0. The fourth-order valence-corrected chi connectivity index (χ4v) is 2.25. The molecule has 0 aliphatic carbocycles. The van der Waals surface area contributed by atoms with Gasteiger partial charge in [-0.05, 0) is 23.9 Å². The number of aliphatic hydroxyl groups excluding tert-OH is 1. The smallest absolute Gasteiger partial charge is 0.336 e. The summed E-state index contributed by atoms with van der Waals surface area (Å²) in [6.07, 6.45) is 0.596. The maximum absolute atomic E-state index is 12.3. The molecule has 0 aliphatic rings. The summed E-state index contributed by atoms with van der Waals surface area (Å²) in [6, 6.07) is 9.62. The number of carbonyl (C=O) groups excluding carboxylic acids is 1. The van der Waals surface area contributed by atoms with Crippen LogP contribution in [0.4, 0.5) is 0 Å². The van der Waals surface area contributed by atoms with Gasteiger partial charge in [0.15, 0.2) is 0 Å². The van der Waals surface area contributed by atoms with E-state index in [1.165, 1.54) is 6.07 Å². The minimum atomic E-state index is -1.07. The van der Waals surface area contributed by atoms with Gasteiger partial charge >= 0.3 is 5.97 Å². The number of carboxylic acids is 1. The number of fused-ring (bicyclic) bond motifs is 1. The van der Waals surface area contributed by atoms with E-state index in [4.69, 9.17) is 5.11 Å². The molecule has 110 valence electrons.